The van der Waals surface area contributed by atoms with Crippen molar-refractivity contribution in [2.45, 2.75) is 45.1 Å². The fraction of sp³-hybridized carbons (Fsp3) is 0.312. The zero-order chi connectivity index (χ0) is 27.5. The molecule has 0 saturated heterocycles. The molecule has 0 atom stereocenters. The van der Waals surface area contributed by atoms with E-state index in [1.165, 1.54) is 0 Å². The van der Waals surface area contributed by atoms with Crippen LogP contribution in [0.2, 0.25) is 5.02 Å². The van der Waals surface area contributed by atoms with E-state index in [9.17, 15) is 4.79 Å². The lowest BCUT2D eigenvalue weighted by molar-refractivity contribution is 0.0953. The van der Waals surface area contributed by atoms with Crippen LogP contribution in [-0.4, -0.2) is 35.7 Å². The fourth-order valence-electron chi connectivity index (χ4n) is 4.61. The summed E-state index contributed by atoms with van der Waals surface area (Å²) in [4.78, 5) is 17.2. The van der Waals surface area contributed by atoms with E-state index >= 15 is 0 Å². The molecule has 7 heteroatoms. The van der Waals surface area contributed by atoms with Gasteiger partial charge in [-0.15, -0.1) is 6.58 Å². The van der Waals surface area contributed by atoms with E-state index in [4.69, 9.17) is 26.1 Å². The van der Waals surface area contributed by atoms with Crippen molar-refractivity contribution in [3.05, 3.63) is 101 Å². The SMILES string of the molecule is C=CCc1ccc(OCCCn2c(CCCCCNC(=O)c3cccc(Cl)c3)nc3ccccc32)c(OC)c1. The van der Waals surface area contributed by atoms with Crippen LogP contribution in [0.25, 0.3) is 11.0 Å². The number of fused-ring (bicyclic) bond motifs is 1. The lowest BCUT2D eigenvalue weighted by atomic mass is 10.1. The van der Waals surface area contributed by atoms with Crippen molar-refractivity contribution in [3.8, 4) is 11.5 Å². The molecule has 0 saturated carbocycles. The Bertz CT molecular complexity index is 1400. The first kappa shape index (κ1) is 28.2. The van der Waals surface area contributed by atoms with Crippen molar-refractivity contribution in [2.75, 3.05) is 20.3 Å². The minimum Gasteiger partial charge on any atom is -0.493 e. The van der Waals surface area contributed by atoms with Gasteiger partial charge in [0.05, 0.1) is 24.8 Å². The van der Waals surface area contributed by atoms with E-state index in [1.807, 2.05) is 30.3 Å². The summed E-state index contributed by atoms with van der Waals surface area (Å²) < 4.78 is 13.9. The number of nitrogens with zero attached hydrogens (tertiary/aromatic N) is 2. The van der Waals surface area contributed by atoms with Gasteiger partial charge in [0.25, 0.3) is 5.91 Å². The van der Waals surface area contributed by atoms with E-state index in [0.717, 1.165) is 79.0 Å². The molecule has 4 aromatic rings. The monoisotopic (exact) mass is 545 g/mol. The van der Waals surface area contributed by atoms with Crippen LogP contribution in [0.15, 0.2) is 79.4 Å². The molecule has 1 N–H and O–H groups in total. The van der Waals surface area contributed by atoms with Crippen LogP contribution in [0, 0.1) is 0 Å². The molecule has 0 spiro atoms. The minimum absolute atomic E-state index is 0.0909. The Morgan fingerprint density at radius 1 is 1.03 bits per heavy atom. The number of allylic oxidation sites excluding steroid dienone is 1. The molecule has 0 aliphatic carbocycles. The highest BCUT2D eigenvalue weighted by molar-refractivity contribution is 6.30. The maximum Gasteiger partial charge on any atom is 0.251 e. The van der Waals surface area contributed by atoms with Gasteiger partial charge < -0.3 is 19.4 Å². The highest BCUT2D eigenvalue weighted by atomic mass is 35.5. The van der Waals surface area contributed by atoms with Crippen LogP contribution in [0.1, 0.15) is 47.4 Å². The Labute approximate surface area is 235 Å². The van der Waals surface area contributed by atoms with Crippen molar-refractivity contribution >= 4 is 28.5 Å². The first-order valence-corrected chi connectivity index (χ1v) is 13.9. The number of benzene rings is 3. The van der Waals surface area contributed by atoms with Gasteiger partial charge in [-0.1, -0.05) is 48.4 Å². The number of carbonyl (C=O) groups is 1. The number of para-hydroxylation sites is 2. The summed E-state index contributed by atoms with van der Waals surface area (Å²) >= 11 is 5.98. The van der Waals surface area contributed by atoms with Gasteiger partial charge in [-0.3, -0.25) is 4.79 Å². The van der Waals surface area contributed by atoms with Gasteiger partial charge in [0.2, 0.25) is 0 Å². The van der Waals surface area contributed by atoms with Crippen molar-refractivity contribution in [1.82, 2.24) is 14.9 Å². The third-order valence-corrected chi connectivity index (χ3v) is 6.81. The van der Waals surface area contributed by atoms with Gasteiger partial charge in [-0.25, -0.2) is 4.98 Å². The highest BCUT2D eigenvalue weighted by Crippen LogP contribution is 2.28. The van der Waals surface area contributed by atoms with E-state index < -0.39 is 0 Å². The van der Waals surface area contributed by atoms with Crippen molar-refractivity contribution < 1.29 is 14.3 Å². The van der Waals surface area contributed by atoms with Gasteiger partial charge in [0, 0.05) is 30.1 Å². The van der Waals surface area contributed by atoms with Gasteiger partial charge in [0.15, 0.2) is 11.5 Å². The lowest BCUT2D eigenvalue weighted by Crippen LogP contribution is -2.24. The summed E-state index contributed by atoms with van der Waals surface area (Å²) in [6.07, 6.45) is 7.32. The Morgan fingerprint density at radius 2 is 1.90 bits per heavy atom. The molecule has 1 heterocycles. The molecule has 0 aliphatic rings. The van der Waals surface area contributed by atoms with Crippen LogP contribution in [0.4, 0.5) is 0 Å². The summed E-state index contributed by atoms with van der Waals surface area (Å²) in [7, 11) is 1.66. The third kappa shape index (κ3) is 7.87. The van der Waals surface area contributed by atoms with Gasteiger partial charge in [0.1, 0.15) is 5.82 Å². The molecule has 0 aliphatic heterocycles. The maximum absolute atomic E-state index is 12.3. The second kappa shape index (κ2) is 14.4. The number of hydrogen-bond acceptors (Lipinski definition) is 4. The van der Waals surface area contributed by atoms with Crippen LogP contribution >= 0.6 is 11.6 Å². The predicted molar refractivity (Wildman–Crippen MR) is 158 cm³/mol. The molecular formula is C32H36ClN3O3. The number of ether oxygens (including phenoxy) is 2. The highest BCUT2D eigenvalue weighted by Gasteiger charge is 2.11. The van der Waals surface area contributed by atoms with Gasteiger partial charge in [-0.05, 0) is 73.7 Å². The van der Waals surface area contributed by atoms with E-state index in [-0.39, 0.29) is 5.91 Å². The predicted octanol–water partition coefficient (Wildman–Crippen LogP) is 7.04. The Kier molecular flexibility index (Phi) is 10.4. The third-order valence-electron chi connectivity index (χ3n) is 6.57. The number of imidazole rings is 1. The lowest BCUT2D eigenvalue weighted by Gasteiger charge is -2.13. The normalized spacial score (nSPS) is 10.9. The number of unbranched alkanes of at least 4 members (excludes halogenated alkanes) is 2. The Hall–Kier alpha value is -3.77. The molecular weight excluding hydrogens is 510 g/mol. The largest absolute Gasteiger partial charge is 0.493 e. The van der Waals surface area contributed by atoms with E-state index in [0.29, 0.717) is 23.7 Å². The molecule has 6 nitrogen and oxygen atoms in total. The molecule has 0 unspecified atom stereocenters. The van der Waals surface area contributed by atoms with E-state index in [2.05, 4.69) is 34.7 Å². The average molecular weight is 546 g/mol. The summed E-state index contributed by atoms with van der Waals surface area (Å²) in [5.41, 5.74) is 3.89. The number of rotatable bonds is 15. The first-order valence-electron chi connectivity index (χ1n) is 13.5. The van der Waals surface area contributed by atoms with Gasteiger partial charge in [-0.2, -0.15) is 0 Å². The number of hydrogen-bond donors (Lipinski definition) is 1. The maximum atomic E-state index is 12.3. The van der Waals surface area contributed by atoms with Crippen molar-refractivity contribution in [1.29, 1.82) is 0 Å². The number of methoxy groups -OCH3 is 1. The summed E-state index contributed by atoms with van der Waals surface area (Å²) in [5, 5.41) is 3.54. The quantitative estimate of drug-likeness (QED) is 0.128. The summed E-state index contributed by atoms with van der Waals surface area (Å²) in [6.45, 7) is 5.84. The second-order valence-electron chi connectivity index (χ2n) is 9.43. The second-order valence-corrected chi connectivity index (χ2v) is 9.86. The number of amides is 1. The molecule has 0 bridgehead atoms. The number of carbonyl (C=O) groups excluding carboxylic acids is 1. The van der Waals surface area contributed by atoms with Crippen LogP contribution in [0.5, 0.6) is 11.5 Å². The first-order chi connectivity index (χ1) is 19.1. The average Bonchev–Trinajstić information content (AvgIpc) is 3.30. The smallest absolute Gasteiger partial charge is 0.251 e. The van der Waals surface area contributed by atoms with Crippen molar-refractivity contribution in [2.24, 2.45) is 0 Å². The zero-order valence-electron chi connectivity index (χ0n) is 22.5. The van der Waals surface area contributed by atoms with Crippen LogP contribution in [-0.2, 0) is 19.4 Å². The molecule has 0 fully saturated rings. The number of halogens is 1. The van der Waals surface area contributed by atoms with Crippen LogP contribution < -0.4 is 14.8 Å². The number of aromatic nitrogens is 2. The Balaban J connectivity index is 1.26. The van der Waals surface area contributed by atoms with Gasteiger partial charge >= 0.3 is 0 Å². The molecule has 204 valence electrons. The fourth-order valence-corrected chi connectivity index (χ4v) is 4.80. The number of aryl methyl sites for hydroxylation is 2. The molecule has 4 rings (SSSR count). The Morgan fingerprint density at radius 3 is 2.72 bits per heavy atom. The summed E-state index contributed by atoms with van der Waals surface area (Å²) in [5.74, 6) is 2.49. The summed E-state index contributed by atoms with van der Waals surface area (Å²) in [6, 6.07) is 21.3. The minimum atomic E-state index is -0.0909. The topological polar surface area (TPSA) is 65.4 Å². The van der Waals surface area contributed by atoms with Crippen LogP contribution in [0.3, 0.4) is 0 Å². The molecule has 39 heavy (non-hydrogen) atoms. The zero-order valence-corrected chi connectivity index (χ0v) is 23.3. The molecule has 1 aromatic heterocycles. The number of nitrogens with one attached hydrogen (secondary N) is 1. The molecule has 3 aromatic carbocycles. The van der Waals surface area contributed by atoms with E-state index in [1.54, 1.807) is 31.4 Å². The standard InChI is InChI=1S/C32H36ClN3O3/c1-3-11-24-17-18-29(30(22-24)38-2)39-21-10-20-36-28-15-7-6-14-27(28)35-31(36)16-5-4-8-19-34-32(37)25-12-9-13-26(33)23-25/h3,6-7,9,12-15,17-18,22-23H,1,4-5,8,10-11,16,19-21H2,2H3,(H,34,37). The van der Waals surface area contributed by atoms with Crippen molar-refractivity contribution in [3.63, 3.8) is 0 Å². The molecule has 0 radical (unpaired) electrons. The molecule has 1 amide bonds.